The average Bonchev–Trinajstić information content (AvgIpc) is 2.69. The summed E-state index contributed by atoms with van der Waals surface area (Å²) in [5, 5.41) is 4.53. The Kier molecular flexibility index (Phi) is 2.44. The largest absolute Gasteiger partial charge is 0.232 e. The molecule has 3 rings (SSSR count). The molecular formula is C13H10BrN3. The monoisotopic (exact) mass is 287 g/mol. The van der Waals surface area contributed by atoms with Crippen LogP contribution >= 0.6 is 15.9 Å². The molecule has 2 heterocycles. The molecule has 4 heteroatoms. The van der Waals surface area contributed by atoms with Crippen LogP contribution < -0.4 is 0 Å². The Morgan fingerprint density at radius 3 is 2.59 bits per heavy atom. The van der Waals surface area contributed by atoms with Crippen LogP contribution in [0.15, 0.2) is 47.1 Å². The van der Waals surface area contributed by atoms with Crippen molar-refractivity contribution < 1.29 is 0 Å². The first kappa shape index (κ1) is 10.5. The Balaban J connectivity index is 2.13. The summed E-state index contributed by atoms with van der Waals surface area (Å²) in [5.41, 5.74) is 3.90. The first-order valence-corrected chi connectivity index (χ1v) is 6.11. The highest BCUT2D eigenvalue weighted by Gasteiger charge is 2.03. The van der Waals surface area contributed by atoms with Gasteiger partial charge in [0.05, 0.1) is 17.6 Å². The lowest BCUT2D eigenvalue weighted by molar-refractivity contribution is 0.941. The molecule has 0 radical (unpaired) electrons. The van der Waals surface area contributed by atoms with Crippen LogP contribution in [-0.4, -0.2) is 14.6 Å². The van der Waals surface area contributed by atoms with E-state index in [1.165, 1.54) is 0 Å². The first-order chi connectivity index (χ1) is 8.22. The summed E-state index contributed by atoms with van der Waals surface area (Å²) in [6.07, 6.45) is 1.93. The second kappa shape index (κ2) is 3.96. The maximum absolute atomic E-state index is 4.53. The molecule has 0 aliphatic rings. The Hall–Kier alpha value is -1.68. The predicted octanol–water partition coefficient (Wildman–Crippen LogP) is 3.47. The summed E-state index contributed by atoms with van der Waals surface area (Å²) in [5.74, 6) is 0. The zero-order chi connectivity index (χ0) is 11.8. The van der Waals surface area contributed by atoms with Crippen LogP contribution in [0.2, 0.25) is 0 Å². The standard InChI is InChI=1S/C13H10BrN3/c1-9-8-17-13(15-9)7-6-12(16-17)10-2-4-11(14)5-3-10/h2-8H,1H3. The number of hydrogen-bond acceptors (Lipinski definition) is 2. The minimum absolute atomic E-state index is 0.878. The molecule has 1 aromatic carbocycles. The quantitative estimate of drug-likeness (QED) is 0.686. The maximum atomic E-state index is 4.53. The number of rotatable bonds is 1. The van der Waals surface area contributed by atoms with E-state index in [1.807, 2.05) is 54.0 Å². The molecule has 0 aliphatic carbocycles. The van der Waals surface area contributed by atoms with E-state index in [2.05, 4.69) is 26.0 Å². The lowest BCUT2D eigenvalue weighted by atomic mass is 10.1. The molecule has 0 spiro atoms. The van der Waals surface area contributed by atoms with Gasteiger partial charge in [-0.25, -0.2) is 9.50 Å². The van der Waals surface area contributed by atoms with Gasteiger partial charge in [-0.2, -0.15) is 5.10 Å². The number of halogens is 1. The van der Waals surface area contributed by atoms with Crippen LogP contribution in [0.5, 0.6) is 0 Å². The molecule has 0 atom stereocenters. The molecule has 0 saturated carbocycles. The highest BCUT2D eigenvalue weighted by Crippen LogP contribution is 2.20. The van der Waals surface area contributed by atoms with E-state index in [0.717, 1.165) is 27.1 Å². The van der Waals surface area contributed by atoms with E-state index in [0.29, 0.717) is 0 Å². The molecule has 0 aliphatic heterocycles. The van der Waals surface area contributed by atoms with Gasteiger partial charge < -0.3 is 0 Å². The highest BCUT2D eigenvalue weighted by atomic mass is 79.9. The smallest absolute Gasteiger partial charge is 0.153 e. The minimum Gasteiger partial charge on any atom is -0.232 e. The molecule has 0 unspecified atom stereocenters. The zero-order valence-electron chi connectivity index (χ0n) is 9.26. The molecule has 84 valence electrons. The van der Waals surface area contributed by atoms with Crippen LogP contribution in [0.3, 0.4) is 0 Å². The van der Waals surface area contributed by atoms with Crippen molar-refractivity contribution in [3.8, 4) is 11.3 Å². The molecule has 0 amide bonds. The predicted molar refractivity (Wildman–Crippen MR) is 70.9 cm³/mol. The first-order valence-electron chi connectivity index (χ1n) is 5.31. The topological polar surface area (TPSA) is 30.2 Å². The Morgan fingerprint density at radius 2 is 1.82 bits per heavy atom. The molecule has 0 fully saturated rings. The summed E-state index contributed by atoms with van der Waals surface area (Å²) in [6, 6.07) is 12.1. The molecule has 0 N–H and O–H groups in total. The van der Waals surface area contributed by atoms with Crippen LogP contribution in [-0.2, 0) is 0 Å². The SMILES string of the molecule is Cc1cn2nc(-c3ccc(Br)cc3)ccc2n1. The second-order valence-corrected chi connectivity index (χ2v) is 4.83. The summed E-state index contributed by atoms with van der Waals surface area (Å²) < 4.78 is 2.88. The lowest BCUT2D eigenvalue weighted by Gasteiger charge is -2.01. The zero-order valence-corrected chi connectivity index (χ0v) is 10.8. The van der Waals surface area contributed by atoms with Gasteiger partial charge in [0.25, 0.3) is 0 Å². The summed E-state index contributed by atoms with van der Waals surface area (Å²) in [6.45, 7) is 1.97. The third-order valence-electron chi connectivity index (χ3n) is 2.58. The van der Waals surface area contributed by atoms with E-state index in [-0.39, 0.29) is 0 Å². The van der Waals surface area contributed by atoms with Crippen LogP contribution in [0.4, 0.5) is 0 Å². The molecule has 17 heavy (non-hydrogen) atoms. The van der Waals surface area contributed by atoms with Gasteiger partial charge in [-0.05, 0) is 31.2 Å². The van der Waals surface area contributed by atoms with Crippen molar-refractivity contribution in [3.63, 3.8) is 0 Å². The summed E-state index contributed by atoms with van der Waals surface area (Å²) in [7, 11) is 0. The normalized spacial score (nSPS) is 10.9. The third kappa shape index (κ3) is 1.96. The molecular weight excluding hydrogens is 278 g/mol. The van der Waals surface area contributed by atoms with Gasteiger partial charge in [0.15, 0.2) is 5.65 Å². The molecule has 2 aromatic heterocycles. The summed E-state index contributed by atoms with van der Waals surface area (Å²) >= 11 is 3.43. The molecule has 3 aromatic rings. The van der Waals surface area contributed by atoms with Gasteiger partial charge in [0, 0.05) is 10.0 Å². The fraction of sp³-hybridized carbons (Fsp3) is 0.0769. The van der Waals surface area contributed by atoms with E-state index in [4.69, 9.17) is 0 Å². The van der Waals surface area contributed by atoms with Crippen LogP contribution in [0.1, 0.15) is 5.69 Å². The van der Waals surface area contributed by atoms with Crippen LogP contribution in [0, 0.1) is 6.92 Å². The van der Waals surface area contributed by atoms with E-state index >= 15 is 0 Å². The Labute approximate surface area is 107 Å². The average molecular weight is 288 g/mol. The minimum atomic E-state index is 0.878. The lowest BCUT2D eigenvalue weighted by Crippen LogP contribution is -1.92. The third-order valence-corrected chi connectivity index (χ3v) is 3.11. The van der Waals surface area contributed by atoms with Crippen molar-refractivity contribution in [2.45, 2.75) is 6.92 Å². The Morgan fingerprint density at radius 1 is 1.06 bits per heavy atom. The number of aromatic nitrogens is 3. The van der Waals surface area contributed by atoms with Crippen molar-refractivity contribution in [1.82, 2.24) is 14.6 Å². The van der Waals surface area contributed by atoms with Gasteiger partial charge in [0.1, 0.15) is 0 Å². The Bertz CT molecular complexity index is 671. The second-order valence-electron chi connectivity index (χ2n) is 3.91. The molecule has 0 bridgehead atoms. The number of fused-ring (bicyclic) bond motifs is 1. The van der Waals surface area contributed by atoms with Crippen LogP contribution in [0.25, 0.3) is 16.9 Å². The highest BCUT2D eigenvalue weighted by molar-refractivity contribution is 9.10. The maximum Gasteiger partial charge on any atom is 0.153 e. The van der Waals surface area contributed by atoms with E-state index in [9.17, 15) is 0 Å². The van der Waals surface area contributed by atoms with Gasteiger partial charge in [-0.3, -0.25) is 0 Å². The van der Waals surface area contributed by atoms with E-state index < -0.39 is 0 Å². The molecule has 3 nitrogen and oxygen atoms in total. The van der Waals surface area contributed by atoms with E-state index in [1.54, 1.807) is 0 Å². The van der Waals surface area contributed by atoms with Gasteiger partial charge in [-0.1, -0.05) is 28.1 Å². The van der Waals surface area contributed by atoms with Gasteiger partial charge >= 0.3 is 0 Å². The van der Waals surface area contributed by atoms with Crippen molar-refractivity contribution >= 4 is 21.6 Å². The number of aryl methyl sites for hydroxylation is 1. The fourth-order valence-corrected chi connectivity index (χ4v) is 2.04. The van der Waals surface area contributed by atoms with Gasteiger partial charge in [0.2, 0.25) is 0 Å². The van der Waals surface area contributed by atoms with Crippen molar-refractivity contribution in [2.75, 3.05) is 0 Å². The van der Waals surface area contributed by atoms with Gasteiger partial charge in [-0.15, -0.1) is 0 Å². The number of nitrogens with zero attached hydrogens (tertiary/aromatic N) is 3. The fourth-order valence-electron chi connectivity index (χ4n) is 1.78. The summed E-state index contributed by atoms with van der Waals surface area (Å²) in [4.78, 5) is 4.36. The number of benzene rings is 1. The molecule has 0 saturated heterocycles. The van der Waals surface area contributed by atoms with Crippen molar-refractivity contribution in [3.05, 3.63) is 52.8 Å². The number of hydrogen-bond donors (Lipinski definition) is 0. The number of imidazole rings is 1. The van der Waals surface area contributed by atoms with Crippen molar-refractivity contribution in [1.29, 1.82) is 0 Å². The van der Waals surface area contributed by atoms with Crippen molar-refractivity contribution in [2.24, 2.45) is 0 Å².